The monoisotopic (exact) mass is 500 g/mol. The lowest BCUT2D eigenvalue weighted by Gasteiger charge is -2.28. The fourth-order valence-electron chi connectivity index (χ4n) is 4.88. The van der Waals surface area contributed by atoms with Gasteiger partial charge in [-0.15, -0.1) is 10.2 Å². The molecule has 1 amide bonds. The second-order valence-electron chi connectivity index (χ2n) is 8.97. The first kappa shape index (κ1) is 23.7. The summed E-state index contributed by atoms with van der Waals surface area (Å²) >= 11 is 5.78. The number of amides is 1. The highest BCUT2D eigenvalue weighted by Crippen LogP contribution is 2.40. The van der Waals surface area contributed by atoms with Crippen molar-refractivity contribution in [1.82, 2.24) is 34.8 Å². The molecule has 1 aliphatic heterocycles. The van der Waals surface area contributed by atoms with Gasteiger partial charge in [0.2, 0.25) is 5.91 Å². The number of pyridine rings is 1. The zero-order chi connectivity index (χ0) is 25.2. The van der Waals surface area contributed by atoms with Crippen LogP contribution in [0.2, 0.25) is 0 Å². The largest absolute Gasteiger partial charge is 0.352 e. The van der Waals surface area contributed by atoms with Gasteiger partial charge in [0.05, 0.1) is 17.8 Å². The Hall–Kier alpha value is -4.05. The number of aryl methyl sites for hydroxylation is 2. The molecular formula is C26H28N8OS. The average Bonchev–Trinajstić information content (AvgIpc) is 3.56. The quantitative estimate of drug-likeness (QED) is 0.374. The van der Waals surface area contributed by atoms with E-state index in [1.807, 2.05) is 61.0 Å². The highest BCUT2D eigenvalue weighted by atomic mass is 32.1. The average molecular weight is 501 g/mol. The molecule has 2 N–H and O–H groups in total. The number of hydrogen-bond donors (Lipinski definition) is 2. The van der Waals surface area contributed by atoms with Crippen molar-refractivity contribution in [3.8, 4) is 0 Å². The van der Waals surface area contributed by atoms with Crippen LogP contribution in [-0.2, 0) is 4.79 Å². The second kappa shape index (κ2) is 9.90. The third kappa shape index (κ3) is 4.59. The lowest BCUT2D eigenvalue weighted by atomic mass is 9.96. The number of carbonyl (C=O) groups excluding carboxylic acids is 1. The van der Waals surface area contributed by atoms with E-state index in [9.17, 15) is 4.79 Å². The molecule has 184 valence electrons. The van der Waals surface area contributed by atoms with E-state index in [2.05, 4.69) is 48.4 Å². The number of rotatable bonds is 7. The molecule has 0 unspecified atom stereocenters. The van der Waals surface area contributed by atoms with Gasteiger partial charge in [-0.05, 0) is 68.9 Å². The maximum absolute atomic E-state index is 12.8. The van der Waals surface area contributed by atoms with Crippen molar-refractivity contribution < 1.29 is 4.79 Å². The molecule has 0 bridgehead atoms. The van der Waals surface area contributed by atoms with Crippen molar-refractivity contribution in [2.45, 2.75) is 39.3 Å². The molecule has 3 aromatic heterocycles. The van der Waals surface area contributed by atoms with E-state index in [0.717, 1.165) is 33.9 Å². The molecule has 1 saturated heterocycles. The summed E-state index contributed by atoms with van der Waals surface area (Å²) in [5.41, 5.74) is 5.96. The van der Waals surface area contributed by atoms with Gasteiger partial charge >= 0.3 is 0 Å². The zero-order valence-electron chi connectivity index (χ0n) is 20.4. The van der Waals surface area contributed by atoms with Gasteiger partial charge in [0.15, 0.2) is 5.11 Å². The number of anilines is 1. The summed E-state index contributed by atoms with van der Waals surface area (Å²) in [6.45, 7) is 6.59. The van der Waals surface area contributed by atoms with Crippen molar-refractivity contribution in [2.75, 3.05) is 11.9 Å². The first-order valence-corrected chi connectivity index (χ1v) is 12.2. The Balaban J connectivity index is 1.45. The zero-order valence-corrected chi connectivity index (χ0v) is 21.2. The molecular weight excluding hydrogens is 472 g/mol. The Morgan fingerprint density at radius 2 is 1.89 bits per heavy atom. The third-order valence-corrected chi connectivity index (χ3v) is 6.82. The minimum atomic E-state index is -0.159. The fraction of sp³-hybridized carbons (Fsp3) is 0.269. The van der Waals surface area contributed by atoms with E-state index in [1.165, 1.54) is 0 Å². The fourth-order valence-corrected chi connectivity index (χ4v) is 5.22. The number of thiocarbonyl (C=S) groups is 1. The van der Waals surface area contributed by atoms with Crippen LogP contribution in [0.5, 0.6) is 0 Å². The molecule has 4 aromatic rings. The van der Waals surface area contributed by atoms with Crippen LogP contribution < -0.4 is 10.6 Å². The number of carbonyl (C=O) groups is 1. The number of hydrogen-bond acceptors (Lipinski definition) is 5. The Morgan fingerprint density at radius 1 is 1.08 bits per heavy atom. The lowest BCUT2D eigenvalue weighted by molar-refractivity contribution is -0.116. The Morgan fingerprint density at radius 3 is 2.61 bits per heavy atom. The molecule has 0 saturated carbocycles. The molecule has 1 fully saturated rings. The summed E-state index contributed by atoms with van der Waals surface area (Å²) in [6, 6.07) is 15.5. The summed E-state index contributed by atoms with van der Waals surface area (Å²) in [4.78, 5) is 19.5. The van der Waals surface area contributed by atoms with Crippen molar-refractivity contribution in [3.05, 3.63) is 95.6 Å². The SMILES string of the molecule is Cc1cccc(NC(=O)CCN2C(=S)N[C@@H](c3ccccn3)[C@@H]2c2cc(C)n(-n3cnnc3)c2C)c1. The van der Waals surface area contributed by atoms with Crippen LogP contribution in [-0.4, -0.2) is 47.0 Å². The molecule has 0 aliphatic carbocycles. The summed E-state index contributed by atoms with van der Waals surface area (Å²) < 4.78 is 3.92. The summed E-state index contributed by atoms with van der Waals surface area (Å²) in [5.74, 6) is -0.0570. The standard InChI is InChI=1S/C26H28N8OS/c1-17-7-6-8-20(13-17)30-23(35)10-12-33-25(24(31-26(33)36)22-9-4-5-11-27-22)21-14-18(2)34(19(21)3)32-15-28-29-16-32/h4-9,11,13-16,24-25H,10,12H2,1-3H3,(H,30,35)(H,31,36)/t24-,25-/m0/s1. The summed E-state index contributed by atoms with van der Waals surface area (Å²) in [5, 5.41) is 15.0. The molecule has 36 heavy (non-hydrogen) atoms. The van der Waals surface area contributed by atoms with Gasteiger partial charge in [-0.3, -0.25) is 14.5 Å². The molecule has 10 heteroatoms. The lowest BCUT2D eigenvalue weighted by Crippen LogP contribution is -2.33. The van der Waals surface area contributed by atoms with Crippen molar-refractivity contribution in [1.29, 1.82) is 0 Å². The highest BCUT2D eigenvalue weighted by Gasteiger charge is 2.41. The van der Waals surface area contributed by atoms with Gasteiger partial charge in [-0.2, -0.15) is 0 Å². The maximum Gasteiger partial charge on any atom is 0.226 e. The van der Waals surface area contributed by atoms with Crippen LogP contribution in [0.25, 0.3) is 0 Å². The van der Waals surface area contributed by atoms with Gasteiger partial charge in [0.25, 0.3) is 0 Å². The number of nitrogens with zero attached hydrogens (tertiary/aromatic N) is 6. The highest BCUT2D eigenvalue weighted by molar-refractivity contribution is 7.80. The third-order valence-electron chi connectivity index (χ3n) is 6.47. The van der Waals surface area contributed by atoms with Crippen LogP contribution in [0.4, 0.5) is 5.69 Å². The molecule has 2 atom stereocenters. The van der Waals surface area contributed by atoms with E-state index in [1.54, 1.807) is 18.9 Å². The Bertz CT molecular complexity index is 1380. The first-order valence-electron chi connectivity index (χ1n) is 11.8. The number of benzene rings is 1. The van der Waals surface area contributed by atoms with Gasteiger partial charge in [-0.25, -0.2) is 4.68 Å². The predicted molar refractivity (Wildman–Crippen MR) is 141 cm³/mol. The van der Waals surface area contributed by atoms with E-state index in [0.29, 0.717) is 18.1 Å². The Labute approximate surface area is 215 Å². The van der Waals surface area contributed by atoms with Crippen LogP contribution in [0, 0.1) is 20.8 Å². The minimum Gasteiger partial charge on any atom is -0.352 e. The van der Waals surface area contributed by atoms with Crippen LogP contribution in [0.15, 0.2) is 67.4 Å². The van der Waals surface area contributed by atoms with Gasteiger partial charge < -0.3 is 15.5 Å². The van der Waals surface area contributed by atoms with E-state index >= 15 is 0 Å². The topological polar surface area (TPSA) is 92.9 Å². The molecule has 1 aromatic carbocycles. The smallest absolute Gasteiger partial charge is 0.226 e. The second-order valence-corrected chi connectivity index (χ2v) is 9.35. The number of nitrogens with one attached hydrogen (secondary N) is 2. The van der Waals surface area contributed by atoms with Gasteiger partial charge in [-0.1, -0.05) is 18.2 Å². The van der Waals surface area contributed by atoms with Crippen molar-refractivity contribution >= 4 is 28.9 Å². The minimum absolute atomic E-state index is 0.0570. The maximum atomic E-state index is 12.8. The van der Waals surface area contributed by atoms with E-state index in [-0.39, 0.29) is 18.0 Å². The van der Waals surface area contributed by atoms with E-state index in [4.69, 9.17) is 12.2 Å². The first-order chi connectivity index (χ1) is 17.4. The molecule has 0 spiro atoms. The molecule has 1 aliphatic rings. The van der Waals surface area contributed by atoms with Crippen LogP contribution >= 0.6 is 12.2 Å². The molecule has 9 nitrogen and oxygen atoms in total. The van der Waals surface area contributed by atoms with Crippen LogP contribution in [0.1, 0.15) is 46.7 Å². The van der Waals surface area contributed by atoms with Crippen molar-refractivity contribution in [2.24, 2.45) is 0 Å². The van der Waals surface area contributed by atoms with Gasteiger partial charge in [0, 0.05) is 41.8 Å². The van der Waals surface area contributed by atoms with E-state index < -0.39 is 0 Å². The predicted octanol–water partition coefficient (Wildman–Crippen LogP) is 3.71. The summed E-state index contributed by atoms with van der Waals surface area (Å²) in [7, 11) is 0. The normalized spacial score (nSPS) is 17.3. The molecule has 4 heterocycles. The summed E-state index contributed by atoms with van der Waals surface area (Å²) in [6.07, 6.45) is 5.43. The Kier molecular flexibility index (Phi) is 6.51. The molecule has 5 rings (SSSR count). The van der Waals surface area contributed by atoms with Crippen molar-refractivity contribution in [3.63, 3.8) is 0 Å². The van der Waals surface area contributed by atoms with Gasteiger partial charge in [0.1, 0.15) is 12.7 Å². The molecule has 0 radical (unpaired) electrons. The number of aromatic nitrogens is 5. The van der Waals surface area contributed by atoms with Crippen LogP contribution in [0.3, 0.4) is 0 Å².